The number of likely N-dealkylation sites (N-methyl/N-ethyl adjacent to an activating group) is 1. The van der Waals surface area contributed by atoms with Crippen LogP contribution in [0.3, 0.4) is 0 Å². The summed E-state index contributed by atoms with van der Waals surface area (Å²) in [6.07, 6.45) is 1.64. The zero-order chi connectivity index (χ0) is 24.2. The van der Waals surface area contributed by atoms with Crippen molar-refractivity contribution in [3.63, 3.8) is 0 Å². The molecule has 1 aliphatic rings. The number of carbonyl (C=O) groups is 1. The van der Waals surface area contributed by atoms with E-state index >= 15 is 0 Å². The maximum absolute atomic E-state index is 12.9. The van der Waals surface area contributed by atoms with Crippen molar-refractivity contribution < 1.29 is 9.53 Å². The predicted octanol–water partition coefficient (Wildman–Crippen LogP) is 2.39. The molecule has 0 bridgehead atoms. The lowest BCUT2D eigenvalue weighted by Gasteiger charge is -2.23. The lowest BCUT2D eigenvalue weighted by Crippen LogP contribution is -2.43. The molecule has 182 valence electrons. The number of anilines is 1. The average Bonchev–Trinajstić information content (AvgIpc) is 3.48. The summed E-state index contributed by atoms with van der Waals surface area (Å²) in [4.78, 5) is 39.7. The highest BCUT2D eigenvalue weighted by Gasteiger charge is 2.33. The lowest BCUT2D eigenvalue weighted by molar-refractivity contribution is -0.122. The normalized spacial score (nSPS) is 16.1. The molecular formula is C24H32N6O3S. The van der Waals surface area contributed by atoms with E-state index in [2.05, 4.69) is 34.0 Å². The van der Waals surface area contributed by atoms with Gasteiger partial charge in [0.1, 0.15) is 12.6 Å². The number of rotatable bonds is 9. The Morgan fingerprint density at radius 3 is 2.79 bits per heavy atom. The molecule has 3 aromatic rings. The second-order valence-corrected chi connectivity index (χ2v) is 9.84. The fourth-order valence-electron chi connectivity index (χ4n) is 3.89. The van der Waals surface area contributed by atoms with Crippen LogP contribution in [0, 0.1) is 0 Å². The van der Waals surface area contributed by atoms with E-state index in [0.29, 0.717) is 41.2 Å². The average molecular weight is 485 g/mol. The van der Waals surface area contributed by atoms with Crippen molar-refractivity contribution >= 4 is 32.7 Å². The van der Waals surface area contributed by atoms with Gasteiger partial charge in [-0.3, -0.25) is 14.2 Å². The number of ether oxygens (including phenoxy) is 1. The molecule has 0 saturated carbocycles. The van der Waals surface area contributed by atoms with Gasteiger partial charge in [-0.05, 0) is 39.3 Å². The Kier molecular flexibility index (Phi) is 7.47. The summed E-state index contributed by atoms with van der Waals surface area (Å²) in [7, 11) is 3.67. The number of nitrogens with one attached hydrogen (secondary N) is 1. The molecule has 1 amide bonds. The standard InChI is InChI=1S/C24H32N6O3S/c1-16(2)28(3)13-14-33-23-27-21-19(22(32)29(23)4)26-24(34-21)30-12-8-11-18(30)20(31)25-15-17-9-6-5-7-10-17/h5-7,9-10,16,18H,8,11-15H2,1-4H3,(H,25,31). The van der Waals surface area contributed by atoms with Crippen molar-refractivity contribution in [3.8, 4) is 6.01 Å². The van der Waals surface area contributed by atoms with Crippen LogP contribution in [0.1, 0.15) is 32.3 Å². The van der Waals surface area contributed by atoms with E-state index in [1.165, 1.54) is 15.9 Å². The zero-order valence-corrected chi connectivity index (χ0v) is 21.0. The van der Waals surface area contributed by atoms with E-state index in [9.17, 15) is 9.59 Å². The van der Waals surface area contributed by atoms with E-state index in [0.717, 1.165) is 24.9 Å². The topological polar surface area (TPSA) is 92.6 Å². The van der Waals surface area contributed by atoms with Crippen LogP contribution in [-0.2, 0) is 18.4 Å². The Hall–Kier alpha value is -2.98. The molecule has 1 aromatic carbocycles. The van der Waals surface area contributed by atoms with Crippen LogP contribution in [0.15, 0.2) is 35.1 Å². The van der Waals surface area contributed by atoms with Crippen molar-refractivity contribution in [2.24, 2.45) is 7.05 Å². The van der Waals surface area contributed by atoms with E-state index in [4.69, 9.17) is 4.74 Å². The Morgan fingerprint density at radius 1 is 1.29 bits per heavy atom. The molecule has 34 heavy (non-hydrogen) atoms. The van der Waals surface area contributed by atoms with Crippen molar-refractivity contribution in [2.45, 2.75) is 45.3 Å². The molecule has 0 aliphatic carbocycles. The Bertz CT molecular complexity index is 1190. The third-order valence-corrected chi connectivity index (χ3v) is 7.24. The lowest BCUT2D eigenvalue weighted by atomic mass is 10.2. The summed E-state index contributed by atoms with van der Waals surface area (Å²) in [6.45, 7) is 6.60. The first kappa shape index (κ1) is 24.2. The summed E-state index contributed by atoms with van der Waals surface area (Å²) in [5.41, 5.74) is 1.12. The Labute approximate surface area is 203 Å². The first-order valence-electron chi connectivity index (χ1n) is 11.6. The zero-order valence-electron chi connectivity index (χ0n) is 20.2. The number of hydrogen-bond acceptors (Lipinski definition) is 8. The summed E-state index contributed by atoms with van der Waals surface area (Å²) in [6, 6.07) is 10.2. The quantitative estimate of drug-likeness (QED) is 0.499. The summed E-state index contributed by atoms with van der Waals surface area (Å²) < 4.78 is 7.22. The molecule has 0 radical (unpaired) electrons. The summed E-state index contributed by atoms with van der Waals surface area (Å²) >= 11 is 1.33. The van der Waals surface area contributed by atoms with E-state index < -0.39 is 0 Å². The van der Waals surface area contributed by atoms with Gasteiger partial charge in [0.05, 0.1) is 0 Å². The second kappa shape index (κ2) is 10.5. The molecule has 1 aliphatic heterocycles. The van der Waals surface area contributed by atoms with Gasteiger partial charge < -0.3 is 19.9 Å². The maximum Gasteiger partial charge on any atom is 0.300 e. The van der Waals surface area contributed by atoms with Crippen LogP contribution in [0.2, 0.25) is 0 Å². The third-order valence-electron chi connectivity index (χ3n) is 6.26. The first-order valence-corrected chi connectivity index (χ1v) is 12.5. The molecule has 4 rings (SSSR count). The number of thiazole rings is 1. The van der Waals surface area contributed by atoms with Gasteiger partial charge in [0.25, 0.3) is 11.6 Å². The monoisotopic (exact) mass is 484 g/mol. The number of nitrogens with zero attached hydrogens (tertiary/aromatic N) is 5. The number of carbonyl (C=O) groups excluding carboxylic acids is 1. The Balaban J connectivity index is 1.49. The van der Waals surface area contributed by atoms with E-state index in [1.807, 2.05) is 42.3 Å². The van der Waals surface area contributed by atoms with Crippen molar-refractivity contribution in [1.29, 1.82) is 0 Å². The molecule has 1 saturated heterocycles. The van der Waals surface area contributed by atoms with Gasteiger partial charge in [0.15, 0.2) is 15.5 Å². The molecule has 2 aromatic heterocycles. The highest BCUT2D eigenvalue weighted by molar-refractivity contribution is 7.21. The number of hydrogen-bond donors (Lipinski definition) is 1. The molecule has 1 unspecified atom stereocenters. The third kappa shape index (κ3) is 5.23. The molecule has 1 atom stereocenters. The van der Waals surface area contributed by atoms with Gasteiger partial charge in [-0.25, -0.2) is 4.98 Å². The highest BCUT2D eigenvalue weighted by atomic mass is 32.1. The number of amides is 1. The number of benzene rings is 1. The highest BCUT2D eigenvalue weighted by Crippen LogP contribution is 2.32. The minimum Gasteiger partial charge on any atom is -0.463 e. The first-order chi connectivity index (χ1) is 16.3. The van der Waals surface area contributed by atoms with Crippen molar-refractivity contribution in [3.05, 3.63) is 46.2 Å². The van der Waals surface area contributed by atoms with Crippen LogP contribution in [0.5, 0.6) is 6.01 Å². The molecule has 1 N–H and O–H groups in total. The summed E-state index contributed by atoms with van der Waals surface area (Å²) in [5.74, 6) is -0.0280. The van der Waals surface area contributed by atoms with Gasteiger partial charge in [0, 0.05) is 32.7 Å². The molecule has 0 spiro atoms. The van der Waals surface area contributed by atoms with Crippen LogP contribution in [0.4, 0.5) is 5.13 Å². The van der Waals surface area contributed by atoms with Crippen molar-refractivity contribution in [1.82, 2.24) is 24.8 Å². The fraction of sp³-hybridized carbons (Fsp3) is 0.500. The summed E-state index contributed by atoms with van der Waals surface area (Å²) in [5, 5.41) is 3.68. The fourth-order valence-corrected chi connectivity index (χ4v) is 4.88. The molecule has 3 heterocycles. The number of aromatic nitrogens is 3. The largest absolute Gasteiger partial charge is 0.463 e. The van der Waals surface area contributed by atoms with Crippen molar-refractivity contribution in [2.75, 3.05) is 31.6 Å². The Morgan fingerprint density at radius 2 is 2.06 bits per heavy atom. The van der Waals surface area contributed by atoms with Crippen LogP contribution >= 0.6 is 11.3 Å². The van der Waals surface area contributed by atoms with E-state index in [-0.39, 0.29) is 23.5 Å². The van der Waals surface area contributed by atoms with Crippen LogP contribution < -0.4 is 20.5 Å². The minimum atomic E-state index is -0.310. The number of fused-ring (bicyclic) bond motifs is 1. The van der Waals surface area contributed by atoms with Gasteiger partial charge in [-0.2, -0.15) is 4.98 Å². The smallest absolute Gasteiger partial charge is 0.300 e. The maximum atomic E-state index is 12.9. The van der Waals surface area contributed by atoms with Crippen LogP contribution in [0.25, 0.3) is 10.3 Å². The predicted molar refractivity (Wildman–Crippen MR) is 135 cm³/mol. The SMILES string of the molecule is CC(C)N(C)CCOc1nc2sc(N3CCCC3C(=O)NCc3ccccc3)nc2c(=O)n1C. The second-order valence-electron chi connectivity index (χ2n) is 8.89. The molecule has 9 nitrogen and oxygen atoms in total. The van der Waals surface area contributed by atoms with E-state index in [1.54, 1.807) is 7.05 Å². The molecular weight excluding hydrogens is 452 g/mol. The van der Waals surface area contributed by atoms with Gasteiger partial charge in [-0.1, -0.05) is 41.7 Å². The molecule has 1 fully saturated rings. The minimum absolute atomic E-state index is 0.0280. The van der Waals surface area contributed by atoms with Gasteiger partial charge in [-0.15, -0.1) is 0 Å². The van der Waals surface area contributed by atoms with Gasteiger partial charge in [0.2, 0.25) is 5.91 Å². The van der Waals surface area contributed by atoms with Crippen LogP contribution in [-0.4, -0.2) is 64.2 Å². The van der Waals surface area contributed by atoms with Gasteiger partial charge >= 0.3 is 0 Å². The molecule has 10 heteroatoms.